The van der Waals surface area contributed by atoms with Crippen LogP contribution in [0, 0.1) is 0 Å². The fourth-order valence-corrected chi connectivity index (χ4v) is 1.74. The molecule has 5 nitrogen and oxygen atoms in total. The number of ether oxygens (including phenoxy) is 1. The zero-order chi connectivity index (χ0) is 9.52. The molecular formula is C5H8FNO4S. The number of carbonyl (C=O) groups is 1. The SMILES string of the molecule is C[C@@H]1OC(=O)N(S(=O)(=O)F)[C@H]1C. The summed E-state index contributed by atoms with van der Waals surface area (Å²) in [5.41, 5.74) is 0. The van der Waals surface area contributed by atoms with Crippen LogP contribution in [0.5, 0.6) is 0 Å². The van der Waals surface area contributed by atoms with E-state index in [1.165, 1.54) is 13.8 Å². The number of cyclic esters (lactones) is 1. The minimum Gasteiger partial charge on any atom is -0.443 e. The minimum absolute atomic E-state index is 0.0949. The van der Waals surface area contributed by atoms with Gasteiger partial charge in [0.2, 0.25) is 0 Å². The van der Waals surface area contributed by atoms with Crippen molar-refractivity contribution in [3.8, 4) is 0 Å². The van der Waals surface area contributed by atoms with Gasteiger partial charge in [-0.2, -0.15) is 12.7 Å². The predicted molar refractivity (Wildman–Crippen MR) is 37.3 cm³/mol. The molecular weight excluding hydrogens is 189 g/mol. The number of carbonyl (C=O) groups excluding carboxylic acids is 1. The first-order valence-corrected chi connectivity index (χ1v) is 4.62. The van der Waals surface area contributed by atoms with Gasteiger partial charge in [0.05, 0.1) is 6.04 Å². The summed E-state index contributed by atoms with van der Waals surface area (Å²) in [7, 11) is -4.98. The quantitative estimate of drug-likeness (QED) is 0.572. The van der Waals surface area contributed by atoms with Gasteiger partial charge >= 0.3 is 16.5 Å². The lowest BCUT2D eigenvalue weighted by Crippen LogP contribution is -2.36. The van der Waals surface area contributed by atoms with E-state index in [9.17, 15) is 17.1 Å². The molecule has 0 radical (unpaired) electrons. The summed E-state index contributed by atoms with van der Waals surface area (Å²) >= 11 is 0. The van der Waals surface area contributed by atoms with Gasteiger partial charge in [0.15, 0.2) is 0 Å². The number of rotatable bonds is 1. The summed E-state index contributed by atoms with van der Waals surface area (Å²) in [6.07, 6.45) is -1.76. The molecule has 1 aliphatic rings. The van der Waals surface area contributed by atoms with Crippen LogP contribution >= 0.6 is 0 Å². The van der Waals surface area contributed by atoms with Gasteiger partial charge in [0, 0.05) is 0 Å². The summed E-state index contributed by atoms with van der Waals surface area (Å²) < 4.78 is 37.7. The second kappa shape index (κ2) is 2.58. The van der Waals surface area contributed by atoms with E-state index in [0.717, 1.165) is 0 Å². The number of amides is 1. The summed E-state index contributed by atoms with van der Waals surface area (Å²) in [4.78, 5) is 10.7. The molecule has 1 aliphatic heterocycles. The number of hydrogen-bond acceptors (Lipinski definition) is 4. The number of hydrogen-bond donors (Lipinski definition) is 0. The summed E-state index contributed by atoms with van der Waals surface area (Å²) in [6.45, 7) is 2.89. The van der Waals surface area contributed by atoms with Crippen molar-refractivity contribution in [3.05, 3.63) is 0 Å². The second-order valence-corrected chi connectivity index (χ2v) is 3.78. The van der Waals surface area contributed by atoms with E-state index < -0.39 is 28.6 Å². The smallest absolute Gasteiger partial charge is 0.426 e. The molecule has 0 bridgehead atoms. The van der Waals surface area contributed by atoms with E-state index in [0.29, 0.717) is 0 Å². The Morgan fingerprint density at radius 3 is 2.17 bits per heavy atom. The summed E-state index contributed by atoms with van der Waals surface area (Å²) in [5.74, 6) is 0. The van der Waals surface area contributed by atoms with Crippen molar-refractivity contribution < 1.29 is 21.8 Å². The Morgan fingerprint density at radius 1 is 1.50 bits per heavy atom. The Labute approximate surface area is 69.4 Å². The van der Waals surface area contributed by atoms with E-state index >= 15 is 0 Å². The van der Waals surface area contributed by atoms with Crippen LogP contribution in [0.15, 0.2) is 0 Å². The molecule has 7 heteroatoms. The third kappa shape index (κ3) is 1.36. The van der Waals surface area contributed by atoms with E-state index in [2.05, 4.69) is 4.74 Å². The van der Waals surface area contributed by atoms with Crippen molar-refractivity contribution >= 4 is 16.5 Å². The van der Waals surface area contributed by atoms with Gasteiger partial charge in [0.1, 0.15) is 6.10 Å². The highest BCUT2D eigenvalue weighted by molar-refractivity contribution is 7.84. The summed E-state index contributed by atoms with van der Waals surface area (Å²) in [5, 5.41) is 0. The molecule has 0 aromatic rings. The van der Waals surface area contributed by atoms with Gasteiger partial charge < -0.3 is 4.74 Å². The Kier molecular flexibility index (Phi) is 1.99. The van der Waals surface area contributed by atoms with E-state index in [1.807, 2.05) is 0 Å². The van der Waals surface area contributed by atoms with Gasteiger partial charge in [0.25, 0.3) is 0 Å². The third-order valence-corrected chi connectivity index (χ3v) is 2.70. The molecule has 0 aliphatic carbocycles. The van der Waals surface area contributed by atoms with Crippen molar-refractivity contribution in [2.24, 2.45) is 0 Å². The topological polar surface area (TPSA) is 63.7 Å². The highest BCUT2D eigenvalue weighted by atomic mass is 32.3. The number of halogens is 1. The Bertz CT molecular complexity index is 301. The van der Waals surface area contributed by atoms with Crippen LogP contribution in [0.1, 0.15) is 13.8 Å². The zero-order valence-electron chi connectivity index (χ0n) is 6.52. The molecule has 1 rings (SSSR count). The van der Waals surface area contributed by atoms with Crippen molar-refractivity contribution in [2.45, 2.75) is 26.0 Å². The van der Waals surface area contributed by atoms with Crippen LogP contribution < -0.4 is 0 Å². The molecule has 1 saturated heterocycles. The first kappa shape index (κ1) is 9.24. The largest absolute Gasteiger partial charge is 0.443 e. The first-order chi connectivity index (χ1) is 5.34. The second-order valence-electron chi connectivity index (χ2n) is 2.57. The molecule has 0 N–H and O–H groups in total. The molecule has 1 fully saturated rings. The molecule has 1 amide bonds. The van der Waals surface area contributed by atoms with E-state index in [-0.39, 0.29) is 4.31 Å². The average Bonchev–Trinajstić information content (AvgIpc) is 2.05. The fourth-order valence-electron chi connectivity index (χ4n) is 0.954. The molecule has 0 unspecified atom stereocenters. The molecule has 70 valence electrons. The predicted octanol–water partition coefficient (Wildman–Crippen LogP) is 0.430. The molecule has 0 aromatic heterocycles. The van der Waals surface area contributed by atoms with Gasteiger partial charge in [-0.15, -0.1) is 0 Å². The van der Waals surface area contributed by atoms with Crippen molar-refractivity contribution in [1.82, 2.24) is 4.31 Å². The Balaban J connectivity index is 3.00. The fraction of sp³-hybridized carbons (Fsp3) is 0.800. The van der Waals surface area contributed by atoms with Gasteiger partial charge in [-0.3, -0.25) is 0 Å². The van der Waals surface area contributed by atoms with Gasteiger partial charge in [-0.25, -0.2) is 4.79 Å². The zero-order valence-corrected chi connectivity index (χ0v) is 7.34. The monoisotopic (exact) mass is 197 g/mol. The lowest BCUT2D eigenvalue weighted by molar-refractivity contribution is 0.140. The Morgan fingerprint density at radius 2 is 2.00 bits per heavy atom. The van der Waals surface area contributed by atoms with Crippen LogP contribution in [0.4, 0.5) is 8.68 Å². The minimum atomic E-state index is -4.98. The van der Waals surface area contributed by atoms with Crippen molar-refractivity contribution in [2.75, 3.05) is 0 Å². The standard InChI is InChI=1S/C5H8FNO4S/c1-3-4(2)11-5(8)7(3)12(6,9)10/h3-4H,1-2H3/t3-,4-/m0/s1. The van der Waals surface area contributed by atoms with E-state index in [4.69, 9.17) is 0 Å². The molecule has 0 saturated carbocycles. The lowest BCUT2D eigenvalue weighted by Gasteiger charge is -2.12. The maximum absolute atomic E-state index is 12.4. The van der Waals surface area contributed by atoms with Crippen LogP contribution in [-0.2, 0) is 15.1 Å². The molecule has 1 heterocycles. The van der Waals surface area contributed by atoms with Gasteiger partial charge in [-0.05, 0) is 13.8 Å². The maximum Gasteiger partial charge on any atom is 0.426 e. The average molecular weight is 197 g/mol. The molecule has 12 heavy (non-hydrogen) atoms. The van der Waals surface area contributed by atoms with E-state index in [1.54, 1.807) is 0 Å². The normalized spacial score (nSPS) is 30.6. The van der Waals surface area contributed by atoms with Crippen LogP contribution in [0.3, 0.4) is 0 Å². The summed E-state index contributed by atoms with van der Waals surface area (Å²) in [6, 6.07) is -0.785. The van der Waals surface area contributed by atoms with Crippen LogP contribution in [0.2, 0.25) is 0 Å². The maximum atomic E-state index is 12.4. The molecule has 2 atom stereocenters. The van der Waals surface area contributed by atoms with Crippen molar-refractivity contribution in [1.29, 1.82) is 0 Å². The highest BCUT2D eigenvalue weighted by Gasteiger charge is 2.44. The van der Waals surface area contributed by atoms with Crippen LogP contribution in [-0.4, -0.2) is 31.0 Å². The number of nitrogens with zero attached hydrogens (tertiary/aromatic N) is 1. The molecule has 0 spiro atoms. The van der Waals surface area contributed by atoms with Gasteiger partial charge in [-0.1, -0.05) is 3.89 Å². The first-order valence-electron chi connectivity index (χ1n) is 3.28. The lowest BCUT2D eigenvalue weighted by atomic mass is 10.2. The highest BCUT2D eigenvalue weighted by Crippen LogP contribution is 2.22. The molecule has 0 aromatic carbocycles. The third-order valence-electron chi connectivity index (χ3n) is 1.75. The van der Waals surface area contributed by atoms with Crippen LogP contribution in [0.25, 0.3) is 0 Å². The Hall–Kier alpha value is -0.850. The van der Waals surface area contributed by atoms with Crippen molar-refractivity contribution in [3.63, 3.8) is 0 Å².